The van der Waals surface area contributed by atoms with Crippen LogP contribution >= 0.6 is 0 Å². The van der Waals surface area contributed by atoms with Gasteiger partial charge in [0, 0.05) is 25.5 Å². The lowest BCUT2D eigenvalue weighted by molar-refractivity contribution is -0.141. The van der Waals surface area contributed by atoms with E-state index >= 15 is 0 Å². The molecule has 1 unspecified atom stereocenters. The molecule has 0 amide bonds. The molecule has 0 aromatic carbocycles. The first-order valence-corrected chi connectivity index (χ1v) is 6.82. The third-order valence-electron chi connectivity index (χ3n) is 3.64. The zero-order valence-corrected chi connectivity index (χ0v) is 11.3. The van der Waals surface area contributed by atoms with Crippen molar-refractivity contribution < 1.29 is 13.2 Å². The fourth-order valence-corrected chi connectivity index (χ4v) is 2.61. The number of alkyl halides is 3. The smallest absolute Gasteiger partial charge is 0.354 e. The zero-order valence-electron chi connectivity index (χ0n) is 11.3. The van der Waals surface area contributed by atoms with Gasteiger partial charge < -0.3 is 4.90 Å². The van der Waals surface area contributed by atoms with Crippen LogP contribution in [0.5, 0.6) is 0 Å². The highest BCUT2D eigenvalue weighted by Gasteiger charge is 2.34. The summed E-state index contributed by atoms with van der Waals surface area (Å²) < 4.78 is 39.3. The summed E-state index contributed by atoms with van der Waals surface area (Å²) in [6.07, 6.45) is 0.468. The number of pyridine rings is 1. The summed E-state index contributed by atoms with van der Waals surface area (Å²) in [7, 11) is 0. The summed E-state index contributed by atoms with van der Waals surface area (Å²) in [4.78, 5) is 6.38. The molecule has 0 radical (unpaired) electrons. The largest absolute Gasteiger partial charge is 0.435 e. The van der Waals surface area contributed by atoms with Gasteiger partial charge in [-0.2, -0.15) is 18.3 Å². The molecule has 2 aromatic rings. The SMILES string of the molecule is FC(F)(F)c1ccn(C2CCCN(c3ccccn3)C2)n1. The van der Waals surface area contributed by atoms with Gasteiger partial charge in [0.1, 0.15) is 5.82 Å². The Hall–Kier alpha value is -2.05. The summed E-state index contributed by atoms with van der Waals surface area (Å²) in [6, 6.07) is 6.62. The molecule has 7 heteroatoms. The highest BCUT2D eigenvalue weighted by molar-refractivity contribution is 5.38. The van der Waals surface area contributed by atoms with E-state index in [1.165, 1.54) is 10.9 Å². The van der Waals surface area contributed by atoms with E-state index in [0.29, 0.717) is 6.54 Å². The fourth-order valence-electron chi connectivity index (χ4n) is 2.61. The van der Waals surface area contributed by atoms with E-state index in [-0.39, 0.29) is 6.04 Å². The van der Waals surface area contributed by atoms with Gasteiger partial charge in [0.2, 0.25) is 0 Å². The van der Waals surface area contributed by atoms with Gasteiger partial charge in [0.05, 0.1) is 6.04 Å². The van der Waals surface area contributed by atoms with Crippen molar-refractivity contribution in [3.05, 3.63) is 42.4 Å². The highest BCUT2D eigenvalue weighted by Crippen LogP contribution is 2.30. The van der Waals surface area contributed by atoms with Crippen LogP contribution in [-0.4, -0.2) is 27.9 Å². The molecule has 1 aliphatic rings. The standard InChI is InChI=1S/C14H15F3N4/c15-14(16,17)12-6-9-21(19-12)11-4-3-8-20(10-11)13-5-1-2-7-18-13/h1-2,5-7,9,11H,3-4,8,10H2. The van der Waals surface area contributed by atoms with Crippen LogP contribution in [0.3, 0.4) is 0 Å². The average Bonchev–Trinajstić information content (AvgIpc) is 2.98. The van der Waals surface area contributed by atoms with Crippen LogP contribution in [0, 0.1) is 0 Å². The van der Waals surface area contributed by atoms with Crippen LogP contribution in [0.25, 0.3) is 0 Å². The maximum atomic E-state index is 12.6. The molecular weight excluding hydrogens is 281 g/mol. The van der Waals surface area contributed by atoms with Crippen molar-refractivity contribution in [2.24, 2.45) is 0 Å². The third-order valence-corrected chi connectivity index (χ3v) is 3.64. The molecule has 1 atom stereocenters. The second kappa shape index (κ2) is 5.38. The van der Waals surface area contributed by atoms with Crippen LogP contribution in [0.4, 0.5) is 19.0 Å². The lowest BCUT2D eigenvalue weighted by Crippen LogP contribution is -2.37. The molecule has 0 N–H and O–H groups in total. The van der Waals surface area contributed by atoms with Crippen molar-refractivity contribution in [2.45, 2.75) is 25.1 Å². The second-order valence-corrected chi connectivity index (χ2v) is 5.11. The van der Waals surface area contributed by atoms with Gasteiger partial charge in [-0.3, -0.25) is 4.68 Å². The number of aromatic nitrogens is 3. The maximum absolute atomic E-state index is 12.6. The number of anilines is 1. The number of halogens is 3. The lowest BCUT2D eigenvalue weighted by atomic mass is 10.1. The van der Waals surface area contributed by atoms with E-state index in [1.807, 2.05) is 18.2 Å². The van der Waals surface area contributed by atoms with Crippen molar-refractivity contribution in [3.63, 3.8) is 0 Å². The molecule has 3 rings (SSSR count). The minimum Gasteiger partial charge on any atom is -0.354 e. The number of rotatable bonds is 2. The molecule has 112 valence electrons. The van der Waals surface area contributed by atoms with Gasteiger partial charge in [-0.25, -0.2) is 4.98 Å². The predicted octanol–water partition coefficient (Wildman–Crippen LogP) is 3.14. The van der Waals surface area contributed by atoms with Gasteiger partial charge in [0.15, 0.2) is 5.69 Å². The van der Waals surface area contributed by atoms with Crippen molar-refractivity contribution in [1.82, 2.24) is 14.8 Å². The quantitative estimate of drug-likeness (QED) is 0.854. The topological polar surface area (TPSA) is 34.0 Å². The molecule has 0 spiro atoms. The van der Waals surface area contributed by atoms with Crippen molar-refractivity contribution in [2.75, 3.05) is 18.0 Å². The first-order chi connectivity index (χ1) is 10.0. The average molecular weight is 296 g/mol. The summed E-state index contributed by atoms with van der Waals surface area (Å²) in [6.45, 7) is 1.48. The monoisotopic (exact) mass is 296 g/mol. The van der Waals surface area contributed by atoms with Crippen LogP contribution in [0.2, 0.25) is 0 Å². The van der Waals surface area contributed by atoms with Crippen LogP contribution in [-0.2, 0) is 6.18 Å². The number of piperidine rings is 1. The molecular formula is C14H15F3N4. The van der Waals surface area contributed by atoms with Crippen molar-refractivity contribution >= 4 is 5.82 Å². The second-order valence-electron chi connectivity index (χ2n) is 5.11. The Morgan fingerprint density at radius 3 is 2.71 bits per heavy atom. The molecule has 3 heterocycles. The maximum Gasteiger partial charge on any atom is 0.435 e. The summed E-state index contributed by atoms with van der Waals surface area (Å²) in [5, 5.41) is 3.68. The van der Waals surface area contributed by atoms with E-state index in [9.17, 15) is 13.2 Å². The van der Waals surface area contributed by atoms with E-state index in [0.717, 1.165) is 31.3 Å². The molecule has 0 aliphatic carbocycles. The zero-order chi connectivity index (χ0) is 14.9. The van der Waals surface area contributed by atoms with Gasteiger partial charge in [-0.1, -0.05) is 6.07 Å². The van der Waals surface area contributed by atoms with Gasteiger partial charge in [-0.15, -0.1) is 0 Å². The highest BCUT2D eigenvalue weighted by atomic mass is 19.4. The Morgan fingerprint density at radius 2 is 2.05 bits per heavy atom. The molecule has 21 heavy (non-hydrogen) atoms. The fraction of sp³-hybridized carbons (Fsp3) is 0.429. The van der Waals surface area contributed by atoms with Crippen molar-refractivity contribution in [1.29, 1.82) is 0 Å². The molecule has 1 saturated heterocycles. The minimum absolute atomic E-state index is 0.0585. The normalized spacial score (nSPS) is 19.8. The Labute approximate surface area is 120 Å². The molecule has 0 saturated carbocycles. The van der Waals surface area contributed by atoms with E-state index in [1.54, 1.807) is 6.20 Å². The van der Waals surface area contributed by atoms with Crippen LogP contribution in [0.15, 0.2) is 36.7 Å². The lowest BCUT2D eigenvalue weighted by Gasteiger charge is -2.33. The number of hydrogen-bond acceptors (Lipinski definition) is 3. The van der Waals surface area contributed by atoms with E-state index < -0.39 is 11.9 Å². The Bertz CT molecular complexity index is 594. The van der Waals surface area contributed by atoms with Gasteiger partial charge >= 0.3 is 6.18 Å². The summed E-state index contributed by atoms with van der Waals surface area (Å²) >= 11 is 0. The summed E-state index contributed by atoms with van der Waals surface area (Å²) in [5.41, 5.74) is -0.836. The minimum atomic E-state index is -4.39. The predicted molar refractivity (Wildman–Crippen MR) is 72.0 cm³/mol. The van der Waals surface area contributed by atoms with Gasteiger partial charge in [-0.05, 0) is 31.0 Å². The molecule has 4 nitrogen and oxygen atoms in total. The Kier molecular flexibility index (Phi) is 3.57. The first-order valence-electron chi connectivity index (χ1n) is 6.82. The number of nitrogens with zero attached hydrogens (tertiary/aromatic N) is 4. The Morgan fingerprint density at radius 1 is 1.19 bits per heavy atom. The van der Waals surface area contributed by atoms with E-state index in [4.69, 9.17) is 0 Å². The van der Waals surface area contributed by atoms with Gasteiger partial charge in [0.25, 0.3) is 0 Å². The molecule has 2 aromatic heterocycles. The molecule has 0 bridgehead atoms. The third kappa shape index (κ3) is 3.01. The van der Waals surface area contributed by atoms with Crippen LogP contribution < -0.4 is 4.90 Å². The first kappa shape index (κ1) is 13.9. The number of hydrogen-bond donors (Lipinski definition) is 0. The van der Waals surface area contributed by atoms with E-state index in [2.05, 4.69) is 15.0 Å². The molecule has 1 aliphatic heterocycles. The summed E-state index contributed by atoms with van der Waals surface area (Å²) in [5.74, 6) is 0.852. The Balaban J connectivity index is 1.76. The molecule has 1 fully saturated rings. The van der Waals surface area contributed by atoms with Crippen LogP contribution in [0.1, 0.15) is 24.6 Å². The van der Waals surface area contributed by atoms with Crippen molar-refractivity contribution in [3.8, 4) is 0 Å².